The quantitative estimate of drug-likeness (QED) is 0.684. The summed E-state index contributed by atoms with van der Waals surface area (Å²) in [5.41, 5.74) is 5.60. The van der Waals surface area contributed by atoms with Crippen molar-refractivity contribution in [1.82, 2.24) is 5.32 Å². The minimum Gasteiger partial charge on any atom is -0.378 e. The molecule has 0 bridgehead atoms. The van der Waals surface area contributed by atoms with Crippen LogP contribution in [0.1, 0.15) is 39.5 Å². The first-order valence-corrected chi connectivity index (χ1v) is 6.25. The van der Waals surface area contributed by atoms with Gasteiger partial charge in [0.1, 0.15) is 0 Å². The van der Waals surface area contributed by atoms with Gasteiger partial charge in [0, 0.05) is 25.6 Å². The lowest BCUT2D eigenvalue weighted by Crippen LogP contribution is -2.36. The number of hydrogen-bond donors (Lipinski definition) is 2. The molecule has 1 unspecified atom stereocenters. The third kappa shape index (κ3) is 4.94. The lowest BCUT2D eigenvalue weighted by Gasteiger charge is -2.34. The molecule has 1 saturated carbocycles. The Bertz CT molecular complexity index is 213. The Balaban J connectivity index is 1.99. The molecule has 1 rings (SSSR count). The maximum absolute atomic E-state index is 11.5. The second-order valence-electron chi connectivity index (χ2n) is 4.73. The van der Waals surface area contributed by atoms with Crippen LogP contribution < -0.4 is 11.1 Å². The van der Waals surface area contributed by atoms with Gasteiger partial charge in [0.15, 0.2) is 0 Å². The molecule has 0 spiro atoms. The van der Waals surface area contributed by atoms with E-state index in [1.165, 1.54) is 0 Å². The molecule has 16 heavy (non-hydrogen) atoms. The highest BCUT2D eigenvalue weighted by Crippen LogP contribution is 2.32. The second-order valence-corrected chi connectivity index (χ2v) is 4.73. The number of carbonyl (C=O) groups is 1. The maximum atomic E-state index is 11.5. The average Bonchev–Trinajstić information content (AvgIpc) is 2.14. The van der Waals surface area contributed by atoms with Crippen LogP contribution in [0, 0.1) is 5.92 Å². The highest BCUT2D eigenvalue weighted by Gasteiger charge is 2.30. The molecule has 0 aliphatic heterocycles. The summed E-state index contributed by atoms with van der Waals surface area (Å²) >= 11 is 0. The fourth-order valence-electron chi connectivity index (χ4n) is 1.99. The molecule has 4 heteroatoms. The average molecular weight is 228 g/mol. The van der Waals surface area contributed by atoms with E-state index >= 15 is 0 Å². The van der Waals surface area contributed by atoms with Crippen molar-refractivity contribution in [3.8, 4) is 0 Å². The molecule has 0 saturated heterocycles. The van der Waals surface area contributed by atoms with Crippen LogP contribution in [0.25, 0.3) is 0 Å². The summed E-state index contributed by atoms with van der Waals surface area (Å²) in [4.78, 5) is 11.5. The Labute approximate surface area is 97.9 Å². The van der Waals surface area contributed by atoms with Crippen molar-refractivity contribution in [2.75, 3.05) is 13.2 Å². The van der Waals surface area contributed by atoms with Crippen molar-refractivity contribution in [1.29, 1.82) is 0 Å². The van der Waals surface area contributed by atoms with E-state index in [9.17, 15) is 4.79 Å². The summed E-state index contributed by atoms with van der Waals surface area (Å²) in [6.45, 7) is 5.43. The Morgan fingerprint density at radius 1 is 1.56 bits per heavy atom. The van der Waals surface area contributed by atoms with Crippen molar-refractivity contribution in [3.05, 3.63) is 0 Å². The molecule has 1 aliphatic rings. The molecular formula is C12H24N2O2. The summed E-state index contributed by atoms with van der Waals surface area (Å²) in [5, 5.41) is 2.90. The van der Waals surface area contributed by atoms with Crippen molar-refractivity contribution in [2.45, 2.75) is 51.7 Å². The highest BCUT2D eigenvalue weighted by atomic mass is 16.5. The largest absolute Gasteiger partial charge is 0.378 e. The smallest absolute Gasteiger partial charge is 0.220 e. The van der Waals surface area contributed by atoms with Crippen LogP contribution in [-0.2, 0) is 9.53 Å². The SMILES string of the molecule is CCOC1CC(CC(=O)NCCC(C)N)C1. The van der Waals surface area contributed by atoms with E-state index in [0.717, 1.165) is 25.9 Å². The number of hydrogen-bond acceptors (Lipinski definition) is 3. The minimum absolute atomic E-state index is 0.153. The normalized spacial score (nSPS) is 25.9. The predicted molar refractivity (Wildman–Crippen MR) is 64.0 cm³/mol. The minimum atomic E-state index is 0.153. The number of carbonyl (C=O) groups excluding carboxylic acids is 1. The van der Waals surface area contributed by atoms with Gasteiger partial charge in [0.25, 0.3) is 0 Å². The van der Waals surface area contributed by atoms with Gasteiger partial charge in [-0.1, -0.05) is 0 Å². The Morgan fingerprint density at radius 2 is 2.25 bits per heavy atom. The van der Waals surface area contributed by atoms with Crippen LogP contribution in [-0.4, -0.2) is 31.2 Å². The van der Waals surface area contributed by atoms with Gasteiger partial charge in [-0.15, -0.1) is 0 Å². The summed E-state index contributed by atoms with van der Waals surface area (Å²) in [6.07, 6.45) is 3.95. The van der Waals surface area contributed by atoms with E-state index in [-0.39, 0.29) is 11.9 Å². The first-order valence-electron chi connectivity index (χ1n) is 6.25. The second kappa shape index (κ2) is 6.86. The molecule has 0 aromatic carbocycles. The van der Waals surface area contributed by atoms with Gasteiger partial charge in [-0.25, -0.2) is 0 Å². The summed E-state index contributed by atoms with van der Waals surface area (Å²) in [6, 6.07) is 0.159. The van der Waals surface area contributed by atoms with Gasteiger partial charge in [0.05, 0.1) is 6.10 Å². The molecule has 0 heterocycles. The van der Waals surface area contributed by atoms with Crippen LogP contribution in [0.2, 0.25) is 0 Å². The molecule has 1 atom stereocenters. The van der Waals surface area contributed by atoms with Crippen LogP contribution in [0.3, 0.4) is 0 Å². The summed E-state index contributed by atoms with van der Waals surface area (Å²) in [5.74, 6) is 0.674. The van der Waals surface area contributed by atoms with Gasteiger partial charge in [-0.05, 0) is 39.0 Å². The van der Waals surface area contributed by atoms with Gasteiger partial charge in [-0.2, -0.15) is 0 Å². The number of nitrogens with two attached hydrogens (primary N) is 1. The van der Waals surface area contributed by atoms with Gasteiger partial charge in [-0.3, -0.25) is 4.79 Å². The maximum Gasteiger partial charge on any atom is 0.220 e. The molecule has 0 radical (unpaired) electrons. The molecule has 0 aromatic heterocycles. The first kappa shape index (κ1) is 13.5. The third-order valence-electron chi connectivity index (χ3n) is 2.99. The van der Waals surface area contributed by atoms with Crippen molar-refractivity contribution < 1.29 is 9.53 Å². The van der Waals surface area contributed by atoms with Crippen molar-refractivity contribution >= 4 is 5.91 Å². The van der Waals surface area contributed by atoms with E-state index in [4.69, 9.17) is 10.5 Å². The molecule has 1 aliphatic carbocycles. The third-order valence-corrected chi connectivity index (χ3v) is 2.99. The number of rotatable bonds is 7. The van der Waals surface area contributed by atoms with Crippen LogP contribution in [0.5, 0.6) is 0 Å². The van der Waals surface area contributed by atoms with Crippen LogP contribution >= 0.6 is 0 Å². The molecule has 0 aromatic rings. The number of ether oxygens (including phenoxy) is 1. The fraction of sp³-hybridized carbons (Fsp3) is 0.917. The Hall–Kier alpha value is -0.610. The molecule has 4 nitrogen and oxygen atoms in total. The zero-order valence-corrected chi connectivity index (χ0v) is 10.4. The van der Waals surface area contributed by atoms with Crippen molar-refractivity contribution in [2.24, 2.45) is 11.7 Å². The predicted octanol–water partition coefficient (Wildman–Crippen LogP) is 1.05. The van der Waals surface area contributed by atoms with E-state index in [0.29, 0.717) is 25.0 Å². The zero-order chi connectivity index (χ0) is 12.0. The molecule has 1 fully saturated rings. The fourth-order valence-corrected chi connectivity index (χ4v) is 1.99. The molecule has 94 valence electrons. The topological polar surface area (TPSA) is 64.3 Å². The lowest BCUT2D eigenvalue weighted by molar-refractivity contribution is -0.124. The van der Waals surface area contributed by atoms with Crippen LogP contribution in [0.4, 0.5) is 0 Å². The molecule has 1 amide bonds. The number of amides is 1. The first-order chi connectivity index (χ1) is 7.61. The standard InChI is InChI=1S/C12H24N2O2/c1-3-16-11-6-10(7-11)8-12(15)14-5-4-9(2)13/h9-11H,3-8,13H2,1-2H3,(H,14,15). The molecule has 3 N–H and O–H groups in total. The van der Waals surface area contributed by atoms with Crippen molar-refractivity contribution in [3.63, 3.8) is 0 Å². The van der Waals surface area contributed by atoms with E-state index in [1.54, 1.807) is 0 Å². The molecular weight excluding hydrogens is 204 g/mol. The monoisotopic (exact) mass is 228 g/mol. The van der Waals surface area contributed by atoms with Crippen LogP contribution in [0.15, 0.2) is 0 Å². The van der Waals surface area contributed by atoms with Gasteiger partial charge >= 0.3 is 0 Å². The van der Waals surface area contributed by atoms with Gasteiger partial charge in [0.2, 0.25) is 5.91 Å². The van der Waals surface area contributed by atoms with E-state index < -0.39 is 0 Å². The van der Waals surface area contributed by atoms with Gasteiger partial charge < -0.3 is 15.8 Å². The highest BCUT2D eigenvalue weighted by molar-refractivity contribution is 5.76. The summed E-state index contributed by atoms with van der Waals surface area (Å²) in [7, 11) is 0. The Kier molecular flexibility index (Phi) is 5.77. The van der Waals surface area contributed by atoms with E-state index in [2.05, 4.69) is 5.32 Å². The summed E-state index contributed by atoms with van der Waals surface area (Å²) < 4.78 is 5.45. The van der Waals surface area contributed by atoms with E-state index in [1.807, 2.05) is 13.8 Å². The Morgan fingerprint density at radius 3 is 2.81 bits per heavy atom. The lowest BCUT2D eigenvalue weighted by atomic mass is 9.80. The zero-order valence-electron chi connectivity index (χ0n) is 10.4. The number of nitrogens with one attached hydrogen (secondary N) is 1.